The van der Waals surface area contributed by atoms with E-state index in [9.17, 15) is 8.42 Å². The zero-order valence-electron chi connectivity index (χ0n) is 10.5. The molecule has 0 aromatic heterocycles. The highest BCUT2D eigenvalue weighted by atomic mass is 35.5. The van der Waals surface area contributed by atoms with Gasteiger partial charge in [0.1, 0.15) is 0 Å². The van der Waals surface area contributed by atoms with Gasteiger partial charge in [-0.15, -0.1) is 0 Å². The van der Waals surface area contributed by atoms with Gasteiger partial charge in [-0.25, -0.2) is 8.42 Å². The maximum absolute atomic E-state index is 12.5. The fraction of sp³-hybridized carbons (Fsp3) is 0.500. The van der Waals surface area contributed by atoms with Crippen molar-refractivity contribution in [3.8, 4) is 0 Å². The molecule has 1 N–H and O–H groups in total. The molecule has 0 amide bonds. The molecule has 1 aliphatic heterocycles. The van der Waals surface area contributed by atoms with Gasteiger partial charge in [-0.2, -0.15) is 4.31 Å². The van der Waals surface area contributed by atoms with Crippen molar-refractivity contribution in [1.29, 1.82) is 0 Å². The van der Waals surface area contributed by atoms with Gasteiger partial charge in [0.05, 0.1) is 24.2 Å². The Morgan fingerprint density at radius 1 is 1.53 bits per heavy atom. The molecule has 0 aliphatic carbocycles. The summed E-state index contributed by atoms with van der Waals surface area (Å²) in [6, 6.07) is 5.89. The van der Waals surface area contributed by atoms with E-state index in [1.807, 2.05) is 0 Å². The molecule has 1 aromatic carbocycles. The van der Waals surface area contributed by atoms with Gasteiger partial charge in [0, 0.05) is 17.6 Å². The molecular weight excluding hydrogens is 290 g/mol. The monoisotopic (exact) mass is 305 g/mol. The van der Waals surface area contributed by atoms with E-state index in [-0.39, 0.29) is 30.7 Å². The van der Waals surface area contributed by atoms with E-state index in [4.69, 9.17) is 21.4 Å². The van der Waals surface area contributed by atoms with Gasteiger partial charge in [0.15, 0.2) is 0 Å². The van der Waals surface area contributed by atoms with Gasteiger partial charge in [0.25, 0.3) is 0 Å². The molecule has 1 fully saturated rings. The SMILES string of the molecule is CC1COC(CO)CN1S(=O)(=O)c1cccc(Cl)c1. The van der Waals surface area contributed by atoms with E-state index >= 15 is 0 Å². The van der Waals surface area contributed by atoms with Crippen LogP contribution in [0.5, 0.6) is 0 Å². The predicted molar refractivity (Wildman–Crippen MR) is 71.6 cm³/mol. The second-order valence-electron chi connectivity index (χ2n) is 4.52. The molecule has 0 radical (unpaired) electrons. The molecule has 1 aliphatic rings. The Labute approximate surface area is 117 Å². The maximum atomic E-state index is 12.5. The van der Waals surface area contributed by atoms with Crippen LogP contribution in [0.4, 0.5) is 0 Å². The number of morpholine rings is 1. The minimum absolute atomic E-state index is 0.145. The molecule has 1 saturated heterocycles. The van der Waals surface area contributed by atoms with Crippen LogP contribution in [0.15, 0.2) is 29.2 Å². The number of benzene rings is 1. The summed E-state index contributed by atoms with van der Waals surface area (Å²) in [4.78, 5) is 0.158. The third-order valence-electron chi connectivity index (χ3n) is 3.05. The fourth-order valence-electron chi connectivity index (χ4n) is 2.00. The van der Waals surface area contributed by atoms with Crippen molar-refractivity contribution in [1.82, 2.24) is 4.31 Å². The molecule has 2 rings (SSSR count). The van der Waals surface area contributed by atoms with E-state index in [0.29, 0.717) is 5.02 Å². The van der Waals surface area contributed by atoms with Crippen molar-refractivity contribution in [2.24, 2.45) is 0 Å². The van der Waals surface area contributed by atoms with Crippen LogP contribution in [-0.2, 0) is 14.8 Å². The lowest BCUT2D eigenvalue weighted by Gasteiger charge is -2.36. The molecule has 0 bridgehead atoms. The number of nitrogens with zero attached hydrogens (tertiary/aromatic N) is 1. The number of aliphatic hydroxyl groups excluding tert-OH is 1. The smallest absolute Gasteiger partial charge is 0.243 e. The number of hydrogen-bond donors (Lipinski definition) is 1. The summed E-state index contributed by atoms with van der Waals surface area (Å²) in [6.07, 6.45) is -0.481. The lowest BCUT2D eigenvalue weighted by Crippen LogP contribution is -2.51. The predicted octanol–water partition coefficient (Wildman–Crippen LogP) is 1.11. The number of halogens is 1. The standard InChI is InChI=1S/C12H16ClNO4S/c1-9-8-18-11(7-15)6-14(9)19(16,17)12-4-2-3-10(13)5-12/h2-5,9,11,15H,6-8H2,1H3. The van der Waals surface area contributed by atoms with Crippen molar-refractivity contribution in [2.45, 2.75) is 24.0 Å². The first kappa shape index (κ1) is 14.7. The molecule has 0 spiro atoms. The minimum Gasteiger partial charge on any atom is -0.394 e. The van der Waals surface area contributed by atoms with Gasteiger partial charge >= 0.3 is 0 Å². The van der Waals surface area contributed by atoms with Gasteiger partial charge in [-0.3, -0.25) is 0 Å². The highest BCUT2D eigenvalue weighted by Crippen LogP contribution is 2.24. The molecule has 2 atom stereocenters. The Bertz CT molecular complexity index is 548. The number of rotatable bonds is 3. The number of ether oxygens (including phenoxy) is 1. The van der Waals surface area contributed by atoms with Crippen LogP contribution >= 0.6 is 11.6 Å². The van der Waals surface area contributed by atoms with Crippen LogP contribution in [0, 0.1) is 0 Å². The first-order valence-electron chi connectivity index (χ1n) is 5.95. The largest absolute Gasteiger partial charge is 0.394 e. The zero-order chi connectivity index (χ0) is 14.0. The van der Waals surface area contributed by atoms with Crippen molar-refractivity contribution < 1.29 is 18.3 Å². The van der Waals surface area contributed by atoms with Gasteiger partial charge in [-0.1, -0.05) is 17.7 Å². The van der Waals surface area contributed by atoms with Crippen LogP contribution in [0.3, 0.4) is 0 Å². The van der Waals surface area contributed by atoms with Crippen LogP contribution in [-0.4, -0.2) is 49.7 Å². The molecule has 5 nitrogen and oxygen atoms in total. The quantitative estimate of drug-likeness (QED) is 0.908. The Kier molecular flexibility index (Phi) is 4.47. The third kappa shape index (κ3) is 3.09. The fourth-order valence-corrected chi connectivity index (χ4v) is 3.95. The van der Waals surface area contributed by atoms with Gasteiger partial charge in [-0.05, 0) is 25.1 Å². The van der Waals surface area contributed by atoms with Crippen LogP contribution in [0.25, 0.3) is 0 Å². The summed E-state index contributed by atoms with van der Waals surface area (Å²) in [5.74, 6) is 0. The molecule has 106 valence electrons. The van der Waals surface area contributed by atoms with Crippen molar-refractivity contribution >= 4 is 21.6 Å². The first-order chi connectivity index (χ1) is 8.95. The van der Waals surface area contributed by atoms with Crippen LogP contribution in [0.2, 0.25) is 5.02 Å². The highest BCUT2D eigenvalue weighted by molar-refractivity contribution is 7.89. The van der Waals surface area contributed by atoms with Crippen molar-refractivity contribution in [3.63, 3.8) is 0 Å². The summed E-state index contributed by atoms with van der Waals surface area (Å²) in [7, 11) is -3.62. The second-order valence-corrected chi connectivity index (χ2v) is 6.85. The van der Waals surface area contributed by atoms with E-state index in [2.05, 4.69) is 0 Å². The van der Waals surface area contributed by atoms with Gasteiger partial charge < -0.3 is 9.84 Å². The summed E-state index contributed by atoms with van der Waals surface area (Å²) >= 11 is 5.83. The second kappa shape index (κ2) is 5.76. The Hall–Kier alpha value is -0.660. The van der Waals surface area contributed by atoms with Crippen LogP contribution in [0.1, 0.15) is 6.92 Å². The number of hydrogen-bond acceptors (Lipinski definition) is 4. The molecular formula is C12H16ClNO4S. The van der Waals surface area contributed by atoms with E-state index in [1.54, 1.807) is 19.1 Å². The average molecular weight is 306 g/mol. The van der Waals surface area contributed by atoms with Crippen molar-refractivity contribution in [3.05, 3.63) is 29.3 Å². The lowest BCUT2D eigenvalue weighted by atomic mass is 10.2. The molecule has 2 unspecified atom stereocenters. The van der Waals surface area contributed by atoms with E-state index in [0.717, 1.165) is 0 Å². The summed E-state index contributed by atoms with van der Waals surface area (Å²) in [6.45, 7) is 1.99. The third-order valence-corrected chi connectivity index (χ3v) is 5.27. The maximum Gasteiger partial charge on any atom is 0.243 e. The summed E-state index contributed by atoms with van der Waals surface area (Å²) < 4.78 is 31.8. The van der Waals surface area contributed by atoms with Crippen LogP contribution < -0.4 is 0 Å². The normalized spacial score (nSPS) is 25.4. The summed E-state index contributed by atoms with van der Waals surface area (Å²) in [5, 5.41) is 9.48. The molecule has 1 heterocycles. The topological polar surface area (TPSA) is 66.8 Å². The lowest BCUT2D eigenvalue weighted by molar-refractivity contribution is -0.0516. The number of sulfonamides is 1. The zero-order valence-corrected chi connectivity index (χ0v) is 12.1. The van der Waals surface area contributed by atoms with Crippen molar-refractivity contribution in [2.75, 3.05) is 19.8 Å². The van der Waals surface area contributed by atoms with Gasteiger partial charge in [0.2, 0.25) is 10.0 Å². The minimum atomic E-state index is -3.62. The average Bonchev–Trinajstić information content (AvgIpc) is 2.39. The Balaban J connectivity index is 2.32. The molecule has 1 aromatic rings. The first-order valence-corrected chi connectivity index (χ1v) is 7.77. The highest BCUT2D eigenvalue weighted by Gasteiger charge is 2.35. The molecule has 7 heteroatoms. The Morgan fingerprint density at radius 2 is 2.26 bits per heavy atom. The number of aliphatic hydroxyl groups is 1. The molecule has 19 heavy (non-hydrogen) atoms. The summed E-state index contributed by atoms with van der Waals surface area (Å²) in [5.41, 5.74) is 0. The van der Waals surface area contributed by atoms with E-state index in [1.165, 1.54) is 16.4 Å². The Morgan fingerprint density at radius 3 is 2.89 bits per heavy atom. The molecule has 0 saturated carbocycles. The van der Waals surface area contributed by atoms with E-state index < -0.39 is 16.1 Å².